The Bertz CT molecular complexity index is 494. The summed E-state index contributed by atoms with van der Waals surface area (Å²) in [6.45, 7) is 9.11. The van der Waals surface area contributed by atoms with Gasteiger partial charge in [0.1, 0.15) is 0 Å². The molecule has 1 saturated carbocycles. The molecule has 2 fully saturated rings. The number of likely N-dealkylation sites (tertiary alicyclic amines) is 1. The van der Waals surface area contributed by atoms with Crippen LogP contribution in [0.15, 0.2) is 24.3 Å². The van der Waals surface area contributed by atoms with Gasteiger partial charge in [-0.15, -0.1) is 0 Å². The first-order chi connectivity index (χ1) is 10.9. The second-order valence-electron chi connectivity index (χ2n) is 8.60. The largest absolute Gasteiger partial charge is 0.391 e. The molecule has 1 saturated heterocycles. The van der Waals surface area contributed by atoms with Crippen molar-refractivity contribution in [3.8, 4) is 0 Å². The third-order valence-electron chi connectivity index (χ3n) is 5.94. The zero-order valence-corrected chi connectivity index (χ0v) is 15.1. The number of piperidine rings is 1. The van der Waals surface area contributed by atoms with Crippen molar-refractivity contribution in [2.75, 3.05) is 13.1 Å². The summed E-state index contributed by atoms with van der Waals surface area (Å²) in [6, 6.07) is 9.74. The second-order valence-corrected chi connectivity index (χ2v) is 8.60. The van der Waals surface area contributed by atoms with E-state index in [1.54, 1.807) is 0 Å². The molecule has 2 heteroatoms. The predicted octanol–water partition coefficient (Wildman–Crippen LogP) is 4.47. The first-order valence-electron chi connectivity index (χ1n) is 9.48. The number of rotatable bonds is 2. The van der Waals surface area contributed by atoms with Crippen LogP contribution in [0.25, 0.3) is 0 Å². The molecule has 1 aromatic carbocycles. The fraction of sp³-hybridized carbons (Fsp3) is 0.714. The molecule has 1 aliphatic carbocycles. The third-order valence-corrected chi connectivity index (χ3v) is 5.94. The van der Waals surface area contributed by atoms with Gasteiger partial charge in [-0.3, -0.25) is 4.90 Å². The molecule has 0 bridgehead atoms. The number of aliphatic hydroxyl groups excluding tert-OH is 1. The van der Waals surface area contributed by atoms with Crippen LogP contribution in [0.5, 0.6) is 0 Å². The Morgan fingerprint density at radius 1 is 0.913 bits per heavy atom. The molecule has 1 aliphatic heterocycles. The molecule has 1 heterocycles. The predicted molar refractivity (Wildman–Crippen MR) is 97.0 cm³/mol. The average molecular weight is 316 g/mol. The molecule has 2 nitrogen and oxygen atoms in total. The lowest BCUT2D eigenvalue weighted by Gasteiger charge is -2.41. The maximum atomic E-state index is 10.3. The van der Waals surface area contributed by atoms with E-state index in [1.807, 2.05) is 0 Å². The Hall–Kier alpha value is -0.860. The van der Waals surface area contributed by atoms with E-state index in [4.69, 9.17) is 0 Å². The van der Waals surface area contributed by atoms with Crippen molar-refractivity contribution in [1.82, 2.24) is 4.90 Å². The molecule has 0 radical (unpaired) electrons. The Morgan fingerprint density at radius 2 is 1.52 bits per heavy atom. The molecule has 3 rings (SSSR count). The van der Waals surface area contributed by atoms with Gasteiger partial charge in [-0.2, -0.15) is 0 Å². The maximum Gasteiger partial charge on any atom is 0.0695 e. The Balaban J connectivity index is 1.58. The van der Waals surface area contributed by atoms with E-state index in [-0.39, 0.29) is 11.5 Å². The second kappa shape index (κ2) is 6.94. The summed E-state index contributed by atoms with van der Waals surface area (Å²) in [6.07, 6.45) is 7.05. The van der Waals surface area contributed by atoms with Gasteiger partial charge in [0, 0.05) is 6.04 Å². The molecule has 128 valence electrons. The topological polar surface area (TPSA) is 23.5 Å². The normalized spacial score (nSPS) is 28.0. The van der Waals surface area contributed by atoms with E-state index in [0.29, 0.717) is 12.0 Å². The highest BCUT2D eigenvalue weighted by Crippen LogP contribution is 2.33. The highest BCUT2D eigenvalue weighted by Gasteiger charge is 2.31. The summed E-state index contributed by atoms with van der Waals surface area (Å²) in [4.78, 5) is 2.56. The SMILES string of the molecule is CC(C)(C)c1ccc(C2CCN([C@H]3CCCC[C@@H]3O)CC2)cc1. The first kappa shape index (κ1) is 17.0. The van der Waals surface area contributed by atoms with Gasteiger partial charge in [0.25, 0.3) is 0 Å². The Morgan fingerprint density at radius 3 is 2.09 bits per heavy atom. The molecular weight excluding hydrogens is 282 g/mol. The van der Waals surface area contributed by atoms with Gasteiger partial charge < -0.3 is 5.11 Å². The van der Waals surface area contributed by atoms with Crippen LogP contribution in [0.4, 0.5) is 0 Å². The summed E-state index contributed by atoms with van der Waals surface area (Å²) < 4.78 is 0. The highest BCUT2D eigenvalue weighted by molar-refractivity contribution is 5.29. The Kier molecular flexibility index (Phi) is 5.13. The molecule has 0 aromatic heterocycles. The van der Waals surface area contributed by atoms with Crippen LogP contribution in [-0.4, -0.2) is 35.2 Å². The van der Waals surface area contributed by atoms with E-state index in [9.17, 15) is 5.11 Å². The molecular formula is C21H33NO. The molecule has 0 amide bonds. The van der Waals surface area contributed by atoms with Crippen molar-refractivity contribution in [3.63, 3.8) is 0 Å². The minimum Gasteiger partial charge on any atom is -0.391 e. The summed E-state index contributed by atoms with van der Waals surface area (Å²) >= 11 is 0. The lowest BCUT2D eigenvalue weighted by atomic mass is 9.83. The number of nitrogens with zero attached hydrogens (tertiary/aromatic N) is 1. The summed E-state index contributed by atoms with van der Waals surface area (Å²) in [5, 5.41) is 10.3. The molecule has 2 atom stereocenters. The van der Waals surface area contributed by atoms with Gasteiger partial charge in [-0.25, -0.2) is 0 Å². The summed E-state index contributed by atoms with van der Waals surface area (Å²) in [5.41, 5.74) is 3.16. The van der Waals surface area contributed by atoms with E-state index in [0.717, 1.165) is 19.5 Å². The van der Waals surface area contributed by atoms with Crippen molar-refractivity contribution < 1.29 is 5.11 Å². The van der Waals surface area contributed by atoms with Gasteiger partial charge in [-0.05, 0) is 61.2 Å². The van der Waals surface area contributed by atoms with Crippen LogP contribution in [-0.2, 0) is 5.41 Å². The van der Waals surface area contributed by atoms with Gasteiger partial charge in [-0.1, -0.05) is 57.9 Å². The lowest BCUT2D eigenvalue weighted by Crippen LogP contribution is -2.48. The van der Waals surface area contributed by atoms with E-state index in [1.165, 1.54) is 43.2 Å². The van der Waals surface area contributed by atoms with E-state index in [2.05, 4.69) is 49.9 Å². The average Bonchev–Trinajstić information content (AvgIpc) is 2.55. The molecule has 0 spiro atoms. The van der Waals surface area contributed by atoms with Crippen molar-refractivity contribution in [1.29, 1.82) is 0 Å². The van der Waals surface area contributed by atoms with Crippen molar-refractivity contribution in [2.45, 2.75) is 82.8 Å². The van der Waals surface area contributed by atoms with Gasteiger partial charge in [0.15, 0.2) is 0 Å². The van der Waals surface area contributed by atoms with Crippen LogP contribution < -0.4 is 0 Å². The maximum absolute atomic E-state index is 10.3. The minimum atomic E-state index is -0.0913. The van der Waals surface area contributed by atoms with E-state index >= 15 is 0 Å². The lowest BCUT2D eigenvalue weighted by molar-refractivity contribution is 0.00871. The summed E-state index contributed by atoms with van der Waals surface area (Å²) in [7, 11) is 0. The smallest absolute Gasteiger partial charge is 0.0695 e. The minimum absolute atomic E-state index is 0.0913. The third kappa shape index (κ3) is 3.97. The molecule has 1 aromatic rings. The quantitative estimate of drug-likeness (QED) is 0.870. The molecule has 0 unspecified atom stereocenters. The Labute approximate surface area is 141 Å². The van der Waals surface area contributed by atoms with Crippen molar-refractivity contribution in [3.05, 3.63) is 35.4 Å². The van der Waals surface area contributed by atoms with Crippen LogP contribution in [0.1, 0.15) is 76.3 Å². The number of hydrogen-bond donors (Lipinski definition) is 1. The summed E-state index contributed by atoms with van der Waals surface area (Å²) in [5.74, 6) is 0.695. The molecule has 2 aliphatic rings. The standard InChI is InChI=1S/C21H33NO/c1-21(2,3)18-10-8-16(9-11-18)17-12-14-22(15-13-17)19-6-4-5-7-20(19)23/h8-11,17,19-20,23H,4-7,12-15H2,1-3H3/t19-,20-/m0/s1. The highest BCUT2D eigenvalue weighted by atomic mass is 16.3. The fourth-order valence-electron chi connectivity index (χ4n) is 4.34. The number of aliphatic hydroxyl groups is 1. The van der Waals surface area contributed by atoms with Crippen LogP contribution in [0.2, 0.25) is 0 Å². The molecule has 23 heavy (non-hydrogen) atoms. The monoisotopic (exact) mass is 315 g/mol. The van der Waals surface area contributed by atoms with Crippen molar-refractivity contribution in [2.24, 2.45) is 0 Å². The number of hydrogen-bond acceptors (Lipinski definition) is 2. The van der Waals surface area contributed by atoms with Crippen LogP contribution in [0.3, 0.4) is 0 Å². The fourth-order valence-corrected chi connectivity index (χ4v) is 4.34. The van der Waals surface area contributed by atoms with E-state index < -0.39 is 0 Å². The molecule has 1 N–H and O–H groups in total. The number of benzene rings is 1. The zero-order valence-electron chi connectivity index (χ0n) is 15.1. The van der Waals surface area contributed by atoms with Gasteiger partial charge in [0.05, 0.1) is 6.10 Å². The first-order valence-corrected chi connectivity index (χ1v) is 9.48. The zero-order chi connectivity index (χ0) is 16.4. The van der Waals surface area contributed by atoms with Gasteiger partial charge in [0.2, 0.25) is 0 Å². The van der Waals surface area contributed by atoms with Crippen LogP contribution in [0, 0.1) is 0 Å². The van der Waals surface area contributed by atoms with Crippen LogP contribution >= 0.6 is 0 Å². The van der Waals surface area contributed by atoms with Crippen molar-refractivity contribution >= 4 is 0 Å². The van der Waals surface area contributed by atoms with Gasteiger partial charge >= 0.3 is 0 Å².